The van der Waals surface area contributed by atoms with Crippen molar-refractivity contribution < 1.29 is 9.90 Å². The maximum Gasteiger partial charge on any atom is 0.315 e. The number of carbonyl (C=O) groups is 1. The zero-order chi connectivity index (χ0) is 16.8. The molecule has 0 saturated carbocycles. The van der Waals surface area contributed by atoms with E-state index in [2.05, 4.69) is 15.7 Å². The molecule has 124 valence electrons. The van der Waals surface area contributed by atoms with Crippen LogP contribution in [0.3, 0.4) is 0 Å². The molecule has 0 aliphatic carbocycles. The molecule has 2 aromatic rings. The molecule has 0 spiro atoms. The van der Waals surface area contributed by atoms with Crippen LogP contribution >= 0.6 is 0 Å². The fourth-order valence-corrected chi connectivity index (χ4v) is 2.38. The van der Waals surface area contributed by atoms with Gasteiger partial charge in [0.15, 0.2) is 0 Å². The van der Waals surface area contributed by atoms with Crippen LogP contribution in [-0.4, -0.2) is 33.6 Å². The zero-order valence-electron chi connectivity index (χ0n) is 13.8. The van der Waals surface area contributed by atoms with Crippen molar-refractivity contribution in [3.8, 4) is 5.69 Å². The molecule has 23 heavy (non-hydrogen) atoms. The van der Waals surface area contributed by atoms with E-state index in [0.29, 0.717) is 19.5 Å². The minimum atomic E-state index is -0.413. The lowest BCUT2D eigenvalue weighted by atomic mass is 10.2. The summed E-state index contributed by atoms with van der Waals surface area (Å²) in [7, 11) is 0. The molecule has 2 amide bonds. The summed E-state index contributed by atoms with van der Waals surface area (Å²) in [6, 6.07) is 9.67. The normalized spacial score (nSPS) is 12.0. The Morgan fingerprint density at radius 1 is 1.26 bits per heavy atom. The zero-order valence-corrected chi connectivity index (χ0v) is 13.8. The Morgan fingerprint density at radius 3 is 2.61 bits per heavy atom. The summed E-state index contributed by atoms with van der Waals surface area (Å²) in [6.07, 6.45) is 0.126. The topological polar surface area (TPSA) is 79.2 Å². The molecule has 1 heterocycles. The van der Waals surface area contributed by atoms with Crippen molar-refractivity contribution in [2.24, 2.45) is 0 Å². The third-order valence-corrected chi connectivity index (χ3v) is 3.72. The van der Waals surface area contributed by atoms with E-state index in [9.17, 15) is 9.90 Å². The van der Waals surface area contributed by atoms with E-state index in [0.717, 1.165) is 22.6 Å². The lowest BCUT2D eigenvalue weighted by molar-refractivity contribution is 0.183. The van der Waals surface area contributed by atoms with E-state index in [1.54, 1.807) is 6.92 Å². The Bertz CT molecular complexity index is 650. The van der Waals surface area contributed by atoms with E-state index >= 15 is 0 Å². The number of amides is 2. The summed E-state index contributed by atoms with van der Waals surface area (Å²) in [6.45, 7) is 6.50. The molecule has 1 aromatic heterocycles. The Morgan fingerprint density at radius 2 is 1.96 bits per heavy atom. The Kier molecular flexibility index (Phi) is 5.76. The molecular weight excluding hydrogens is 292 g/mol. The van der Waals surface area contributed by atoms with Crippen LogP contribution in [0, 0.1) is 13.8 Å². The van der Waals surface area contributed by atoms with Crippen LogP contribution in [0.4, 0.5) is 4.79 Å². The summed E-state index contributed by atoms with van der Waals surface area (Å²) in [4.78, 5) is 11.8. The summed E-state index contributed by atoms with van der Waals surface area (Å²) in [5.74, 6) is 0. The van der Waals surface area contributed by atoms with Crippen LogP contribution in [0.2, 0.25) is 0 Å². The number of nitrogens with zero attached hydrogens (tertiary/aromatic N) is 2. The van der Waals surface area contributed by atoms with Crippen molar-refractivity contribution in [3.05, 3.63) is 47.3 Å². The Labute approximate surface area is 136 Å². The van der Waals surface area contributed by atoms with E-state index < -0.39 is 6.10 Å². The molecule has 0 saturated heterocycles. The molecule has 1 atom stereocenters. The average Bonchev–Trinajstić information content (AvgIpc) is 2.80. The smallest absolute Gasteiger partial charge is 0.315 e. The van der Waals surface area contributed by atoms with Gasteiger partial charge in [-0.05, 0) is 39.3 Å². The standard InChI is InChI=1S/C17H24N4O2/c1-12(22)9-10-18-17(23)19-11-16-13(2)20-21(14(16)3)15-7-5-4-6-8-15/h4-8,12,22H,9-11H2,1-3H3,(H2,18,19,23). The number of urea groups is 1. The quantitative estimate of drug-likeness (QED) is 0.763. The van der Waals surface area contributed by atoms with Gasteiger partial charge in [0, 0.05) is 24.3 Å². The first-order valence-electron chi connectivity index (χ1n) is 7.79. The van der Waals surface area contributed by atoms with Crippen LogP contribution in [0.5, 0.6) is 0 Å². The van der Waals surface area contributed by atoms with E-state index in [-0.39, 0.29) is 6.03 Å². The van der Waals surface area contributed by atoms with Gasteiger partial charge in [0.1, 0.15) is 0 Å². The number of aryl methyl sites for hydroxylation is 1. The third-order valence-electron chi connectivity index (χ3n) is 3.72. The second-order valence-electron chi connectivity index (χ2n) is 5.64. The molecular formula is C17H24N4O2. The Balaban J connectivity index is 1.99. The minimum absolute atomic E-state index is 0.239. The summed E-state index contributed by atoms with van der Waals surface area (Å²) in [5, 5.41) is 19.3. The van der Waals surface area contributed by atoms with E-state index in [1.807, 2.05) is 48.9 Å². The van der Waals surface area contributed by atoms with E-state index in [4.69, 9.17) is 0 Å². The monoisotopic (exact) mass is 316 g/mol. The number of aliphatic hydroxyl groups excluding tert-OH is 1. The molecule has 1 aromatic carbocycles. The first-order chi connectivity index (χ1) is 11.0. The van der Waals surface area contributed by atoms with Crippen molar-refractivity contribution in [3.63, 3.8) is 0 Å². The van der Waals surface area contributed by atoms with Gasteiger partial charge < -0.3 is 15.7 Å². The van der Waals surface area contributed by atoms with Gasteiger partial charge in [0.2, 0.25) is 0 Å². The van der Waals surface area contributed by atoms with Crippen molar-refractivity contribution in [1.29, 1.82) is 0 Å². The number of rotatable bonds is 6. The van der Waals surface area contributed by atoms with Crippen LogP contribution < -0.4 is 10.6 Å². The minimum Gasteiger partial charge on any atom is -0.393 e. The fourth-order valence-electron chi connectivity index (χ4n) is 2.38. The predicted molar refractivity (Wildman–Crippen MR) is 89.6 cm³/mol. The van der Waals surface area contributed by atoms with Gasteiger partial charge in [-0.3, -0.25) is 0 Å². The van der Waals surface area contributed by atoms with Crippen molar-refractivity contribution in [2.45, 2.75) is 39.8 Å². The summed E-state index contributed by atoms with van der Waals surface area (Å²) >= 11 is 0. The molecule has 0 radical (unpaired) electrons. The van der Waals surface area contributed by atoms with Gasteiger partial charge >= 0.3 is 6.03 Å². The lowest BCUT2D eigenvalue weighted by Crippen LogP contribution is -2.36. The maximum atomic E-state index is 11.8. The molecule has 2 rings (SSSR count). The molecule has 3 N–H and O–H groups in total. The number of aromatic nitrogens is 2. The molecule has 6 heteroatoms. The third kappa shape index (κ3) is 4.56. The molecule has 0 fully saturated rings. The molecule has 0 aliphatic heterocycles. The second-order valence-corrected chi connectivity index (χ2v) is 5.64. The summed E-state index contributed by atoms with van der Waals surface area (Å²) in [5.41, 5.74) is 3.92. The Hall–Kier alpha value is -2.34. The average molecular weight is 316 g/mol. The van der Waals surface area contributed by atoms with Crippen LogP contribution in [0.1, 0.15) is 30.3 Å². The van der Waals surface area contributed by atoms with Gasteiger partial charge in [-0.25, -0.2) is 9.48 Å². The van der Waals surface area contributed by atoms with Crippen LogP contribution in [0.15, 0.2) is 30.3 Å². The molecule has 0 bridgehead atoms. The van der Waals surface area contributed by atoms with Crippen molar-refractivity contribution >= 4 is 6.03 Å². The number of carbonyl (C=O) groups excluding carboxylic acids is 1. The van der Waals surface area contributed by atoms with E-state index in [1.165, 1.54) is 0 Å². The fraction of sp³-hybridized carbons (Fsp3) is 0.412. The largest absolute Gasteiger partial charge is 0.393 e. The highest BCUT2D eigenvalue weighted by Gasteiger charge is 2.13. The van der Waals surface area contributed by atoms with Gasteiger partial charge in [-0.1, -0.05) is 18.2 Å². The number of para-hydroxylation sites is 1. The highest BCUT2D eigenvalue weighted by molar-refractivity contribution is 5.73. The first-order valence-corrected chi connectivity index (χ1v) is 7.79. The van der Waals surface area contributed by atoms with Crippen molar-refractivity contribution in [2.75, 3.05) is 6.54 Å². The number of hydrogen-bond donors (Lipinski definition) is 3. The molecule has 6 nitrogen and oxygen atoms in total. The first kappa shape index (κ1) is 17.0. The SMILES string of the molecule is Cc1nn(-c2ccccc2)c(C)c1CNC(=O)NCCC(C)O. The van der Waals surface area contributed by atoms with Crippen LogP contribution in [0.25, 0.3) is 5.69 Å². The predicted octanol–water partition coefficient (Wildman–Crippen LogP) is 2.06. The second kappa shape index (κ2) is 7.78. The van der Waals surface area contributed by atoms with Gasteiger partial charge in [-0.2, -0.15) is 5.10 Å². The number of nitrogens with one attached hydrogen (secondary N) is 2. The maximum absolute atomic E-state index is 11.8. The van der Waals surface area contributed by atoms with Gasteiger partial charge in [-0.15, -0.1) is 0 Å². The van der Waals surface area contributed by atoms with Gasteiger partial charge in [0.25, 0.3) is 0 Å². The number of aliphatic hydroxyl groups is 1. The van der Waals surface area contributed by atoms with Crippen molar-refractivity contribution in [1.82, 2.24) is 20.4 Å². The highest BCUT2D eigenvalue weighted by Crippen LogP contribution is 2.17. The van der Waals surface area contributed by atoms with Crippen LogP contribution in [-0.2, 0) is 6.54 Å². The molecule has 0 aliphatic rings. The highest BCUT2D eigenvalue weighted by atomic mass is 16.3. The number of hydrogen-bond acceptors (Lipinski definition) is 3. The lowest BCUT2D eigenvalue weighted by Gasteiger charge is -2.09. The van der Waals surface area contributed by atoms with Gasteiger partial charge in [0.05, 0.1) is 17.5 Å². The summed E-state index contributed by atoms with van der Waals surface area (Å²) < 4.78 is 1.89. The number of benzene rings is 1. The molecule has 1 unspecified atom stereocenters.